The summed E-state index contributed by atoms with van der Waals surface area (Å²) in [5.74, 6) is 1.83. The molecular weight excluding hydrogens is 250 g/mol. The first-order valence-electron chi connectivity index (χ1n) is 7.48. The molecule has 1 aliphatic heterocycles. The number of rotatable bonds is 4. The van der Waals surface area contributed by atoms with Gasteiger partial charge in [0, 0.05) is 19.6 Å². The fraction of sp³-hybridized carbons (Fsp3) is 0.562. The van der Waals surface area contributed by atoms with Crippen molar-refractivity contribution in [3.8, 4) is 5.75 Å². The minimum atomic E-state index is 0.315. The second kappa shape index (κ2) is 7.17. The van der Waals surface area contributed by atoms with E-state index in [1.807, 2.05) is 12.1 Å². The van der Waals surface area contributed by atoms with Gasteiger partial charge in [0.2, 0.25) is 0 Å². The van der Waals surface area contributed by atoms with E-state index in [0.717, 1.165) is 38.4 Å². The summed E-state index contributed by atoms with van der Waals surface area (Å²) in [4.78, 5) is 6.67. The molecule has 20 heavy (non-hydrogen) atoms. The van der Waals surface area contributed by atoms with Crippen molar-refractivity contribution < 1.29 is 5.11 Å². The van der Waals surface area contributed by atoms with Gasteiger partial charge in [0.15, 0.2) is 5.96 Å². The lowest BCUT2D eigenvalue weighted by molar-refractivity contribution is 0.277. The zero-order valence-electron chi connectivity index (χ0n) is 12.3. The second-order valence-corrected chi connectivity index (χ2v) is 5.68. The SMILES string of the molecule is CC1CCN(C(N)=NCCCc2ccc(O)cc2)CC1. The van der Waals surface area contributed by atoms with Gasteiger partial charge in [-0.15, -0.1) is 0 Å². The monoisotopic (exact) mass is 275 g/mol. The number of piperidine rings is 1. The molecule has 0 aliphatic carbocycles. The van der Waals surface area contributed by atoms with Gasteiger partial charge >= 0.3 is 0 Å². The Morgan fingerprint density at radius 2 is 1.95 bits per heavy atom. The van der Waals surface area contributed by atoms with E-state index in [2.05, 4.69) is 16.8 Å². The molecule has 1 aliphatic rings. The summed E-state index contributed by atoms with van der Waals surface area (Å²) >= 11 is 0. The van der Waals surface area contributed by atoms with Crippen LogP contribution in [0.4, 0.5) is 0 Å². The second-order valence-electron chi connectivity index (χ2n) is 5.68. The summed E-state index contributed by atoms with van der Waals surface area (Å²) in [6.45, 7) is 5.13. The molecule has 0 unspecified atom stereocenters. The Morgan fingerprint density at radius 1 is 1.30 bits per heavy atom. The van der Waals surface area contributed by atoms with Crippen LogP contribution in [-0.4, -0.2) is 35.6 Å². The number of nitrogens with zero attached hydrogens (tertiary/aromatic N) is 2. The van der Waals surface area contributed by atoms with Gasteiger partial charge in [-0.05, 0) is 49.3 Å². The van der Waals surface area contributed by atoms with E-state index < -0.39 is 0 Å². The largest absolute Gasteiger partial charge is 0.508 e. The zero-order chi connectivity index (χ0) is 14.4. The number of hydrogen-bond acceptors (Lipinski definition) is 2. The maximum absolute atomic E-state index is 9.22. The molecule has 0 atom stereocenters. The van der Waals surface area contributed by atoms with Crippen LogP contribution in [0.15, 0.2) is 29.3 Å². The maximum atomic E-state index is 9.22. The fourth-order valence-electron chi connectivity index (χ4n) is 2.48. The van der Waals surface area contributed by atoms with E-state index in [0.29, 0.717) is 11.7 Å². The molecule has 0 bridgehead atoms. The van der Waals surface area contributed by atoms with Crippen molar-refractivity contribution in [2.24, 2.45) is 16.6 Å². The van der Waals surface area contributed by atoms with Gasteiger partial charge in [0.05, 0.1) is 0 Å². The maximum Gasteiger partial charge on any atom is 0.191 e. The van der Waals surface area contributed by atoms with Crippen LogP contribution in [0.2, 0.25) is 0 Å². The summed E-state index contributed by atoms with van der Waals surface area (Å²) < 4.78 is 0. The molecule has 1 heterocycles. The Kier molecular flexibility index (Phi) is 5.27. The summed E-state index contributed by atoms with van der Waals surface area (Å²) in [6, 6.07) is 7.35. The Labute approximate surface area is 121 Å². The quantitative estimate of drug-likeness (QED) is 0.504. The van der Waals surface area contributed by atoms with Gasteiger partial charge in [-0.1, -0.05) is 19.1 Å². The summed E-state index contributed by atoms with van der Waals surface area (Å²) in [6.07, 6.45) is 4.37. The molecule has 0 amide bonds. The Bertz CT molecular complexity index is 434. The molecule has 4 heteroatoms. The molecule has 1 fully saturated rings. The van der Waals surface area contributed by atoms with Gasteiger partial charge in [0.25, 0.3) is 0 Å². The average Bonchev–Trinajstić information content (AvgIpc) is 2.46. The van der Waals surface area contributed by atoms with Crippen molar-refractivity contribution >= 4 is 5.96 Å². The third kappa shape index (κ3) is 4.44. The fourth-order valence-corrected chi connectivity index (χ4v) is 2.48. The molecular formula is C16H25N3O. The number of guanidine groups is 1. The normalized spacial score (nSPS) is 17.4. The molecule has 0 saturated carbocycles. The van der Waals surface area contributed by atoms with Crippen molar-refractivity contribution in [1.82, 2.24) is 4.90 Å². The number of nitrogens with two attached hydrogens (primary N) is 1. The number of aryl methyl sites for hydroxylation is 1. The van der Waals surface area contributed by atoms with Crippen LogP contribution in [0.1, 0.15) is 31.7 Å². The van der Waals surface area contributed by atoms with E-state index >= 15 is 0 Å². The highest BCUT2D eigenvalue weighted by atomic mass is 16.3. The lowest BCUT2D eigenvalue weighted by atomic mass is 10.00. The highest BCUT2D eigenvalue weighted by Gasteiger charge is 2.16. The highest BCUT2D eigenvalue weighted by molar-refractivity contribution is 5.78. The van der Waals surface area contributed by atoms with Crippen molar-refractivity contribution in [3.05, 3.63) is 29.8 Å². The van der Waals surface area contributed by atoms with Crippen LogP contribution < -0.4 is 5.73 Å². The molecule has 1 aromatic rings. The number of benzene rings is 1. The molecule has 1 aromatic carbocycles. The molecule has 1 saturated heterocycles. The molecule has 3 N–H and O–H groups in total. The molecule has 0 spiro atoms. The number of phenols is 1. The number of aliphatic imine (C=N–C) groups is 1. The Hall–Kier alpha value is -1.71. The van der Waals surface area contributed by atoms with Crippen molar-refractivity contribution in [2.45, 2.75) is 32.6 Å². The Morgan fingerprint density at radius 3 is 2.60 bits per heavy atom. The predicted molar refractivity (Wildman–Crippen MR) is 82.9 cm³/mol. The van der Waals surface area contributed by atoms with Gasteiger partial charge in [0.1, 0.15) is 5.75 Å². The Balaban J connectivity index is 1.71. The minimum absolute atomic E-state index is 0.315. The van der Waals surface area contributed by atoms with E-state index in [9.17, 15) is 5.11 Å². The van der Waals surface area contributed by atoms with E-state index in [1.54, 1.807) is 12.1 Å². The van der Waals surface area contributed by atoms with Crippen LogP contribution in [0.25, 0.3) is 0 Å². The van der Waals surface area contributed by atoms with Gasteiger partial charge in [-0.2, -0.15) is 0 Å². The summed E-state index contributed by atoms with van der Waals surface area (Å²) in [5, 5.41) is 9.22. The van der Waals surface area contributed by atoms with Gasteiger partial charge < -0.3 is 15.7 Å². The van der Waals surface area contributed by atoms with Crippen LogP contribution >= 0.6 is 0 Å². The first-order chi connectivity index (χ1) is 9.65. The van der Waals surface area contributed by atoms with Crippen LogP contribution in [-0.2, 0) is 6.42 Å². The van der Waals surface area contributed by atoms with E-state index in [1.165, 1.54) is 18.4 Å². The standard InChI is InChI=1S/C16H25N3O/c1-13-8-11-19(12-9-13)16(17)18-10-2-3-14-4-6-15(20)7-5-14/h4-7,13,20H,2-3,8-12H2,1H3,(H2,17,18). The zero-order valence-corrected chi connectivity index (χ0v) is 12.3. The molecule has 2 rings (SSSR count). The molecule has 0 radical (unpaired) electrons. The highest BCUT2D eigenvalue weighted by Crippen LogP contribution is 2.15. The van der Waals surface area contributed by atoms with Crippen molar-refractivity contribution in [3.63, 3.8) is 0 Å². The van der Waals surface area contributed by atoms with Crippen LogP contribution in [0, 0.1) is 5.92 Å². The topological polar surface area (TPSA) is 61.8 Å². The molecule has 0 aromatic heterocycles. The molecule has 110 valence electrons. The number of aromatic hydroxyl groups is 1. The van der Waals surface area contributed by atoms with Crippen LogP contribution in [0.5, 0.6) is 5.75 Å². The predicted octanol–water partition coefficient (Wildman–Crippen LogP) is 2.37. The third-order valence-corrected chi connectivity index (χ3v) is 3.94. The lowest BCUT2D eigenvalue weighted by Crippen LogP contribution is -2.42. The van der Waals surface area contributed by atoms with Gasteiger partial charge in [-0.3, -0.25) is 4.99 Å². The third-order valence-electron chi connectivity index (χ3n) is 3.94. The lowest BCUT2D eigenvalue weighted by Gasteiger charge is -2.31. The number of likely N-dealkylation sites (tertiary alicyclic amines) is 1. The first kappa shape index (κ1) is 14.7. The molecule has 4 nitrogen and oxygen atoms in total. The first-order valence-corrected chi connectivity index (χ1v) is 7.48. The average molecular weight is 275 g/mol. The van der Waals surface area contributed by atoms with Crippen molar-refractivity contribution in [1.29, 1.82) is 0 Å². The minimum Gasteiger partial charge on any atom is -0.508 e. The summed E-state index contributed by atoms with van der Waals surface area (Å²) in [5.41, 5.74) is 7.26. The summed E-state index contributed by atoms with van der Waals surface area (Å²) in [7, 11) is 0. The smallest absolute Gasteiger partial charge is 0.191 e. The van der Waals surface area contributed by atoms with Gasteiger partial charge in [-0.25, -0.2) is 0 Å². The van der Waals surface area contributed by atoms with Crippen molar-refractivity contribution in [2.75, 3.05) is 19.6 Å². The van der Waals surface area contributed by atoms with E-state index in [4.69, 9.17) is 5.73 Å². The number of hydrogen-bond donors (Lipinski definition) is 2. The number of phenolic OH excluding ortho intramolecular Hbond substituents is 1. The van der Waals surface area contributed by atoms with E-state index in [-0.39, 0.29) is 0 Å². The van der Waals surface area contributed by atoms with Crippen LogP contribution in [0.3, 0.4) is 0 Å².